The van der Waals surface area contributed by atoms with Crippen molar-refractivity contribution in [1.29, 1.82) is 0 Å². The summed E-state index contributed by atoms with van der Waals surface area (Å²) in [5.74, 6) is 1.38. The van der Waals surface area contributed by atoms with Gasteiger partial charge in [0.05, 0.1) is 28.5 Å². The van der Waals surface area contributed by atoms with Crippen molar-refractivity contribution < 1.29 is 9.32 Å². The molecule has 124 valence electrons. The zero-order valence-corrected chi connectivity index (χ0v) is 14.7. The number of thiazole rings is 1. The van der Waals surface area contributed by atoms with E-state index < -0.39 is 0 Å². The molecule has 2 atom stereocenters. The minimum Gasteiger partial charge on any atom is -0.361 e. The second kappa shape index (κ2) is 6.31. The van der Waals surface area contributed by atoms with Crippen molar-refractivity contribution >= 4 is 17.4 Å². The molecule has 23 heavy (non-hydrogen) atoms. The molecular formula is C16H22N4O2S. The number of aromatic nitrogens is 2. The van der Waals surface area contributed by atoms with Crippen LogP contribution in [0.1, 0.15) is 72.4 Å². The maximum absolute atomic E-state index is 12.2. The lowest BCUT2D eigenvalue weighted by Crippen LogP contribution is -2.38. The lowest BCUT2D eigenvalue weighted by Gasteiger charge is -2.17. The van der Waals surface area contributed by atoms with Crippen LogP contribution in [0, 0.1) is 13.8 Å². The summed E-state index contributed by atoms with van der Waals surface area (Å²) >= 11 is 1.69. The quantitative estimate of drug-likeness (QED) is 0.873. The smallest absolute Gasteiger partial charge is 0.315 e. The van der Waals surface area contributed by atoms with E-state index in [0.29, 0.717) is 5.92 Å². The number of nitrogens with one attached hydrogen (secondary N) is 2. The van der Waals surface area contributed by atoms with Gasteiger partial charge < -0.3 is 15.2 Å². The van der Waals surface area contributed by atoms with Crippen LogP contribution < -0.4 is 10.6 Å². The van der Waals surface area contributed by atoms with E-state index in [2.05, 4.69) is 20.8 Å². The van der Waals surface area contributed by atoms with Crippen molar-refractivity contribution in [2.75, 3.05) is 0 Å². The summed E-state index contributed by atoms with van der Waals surface area (Å²) in [4.78, 5) is 16.8. The molecular weight excluding hydrogens is 312 g/mol. The van der Waals surface area contributed by atoms with Crippen LogP contribution in [0.5, 0.6) is 0 Å². The van der Waals surface area contributed by atoms with Gasteiger partial charge in [-0.2, -0.15) is 0 Å². The fourth-order valence-corrected chi connectivity index (χ4v) is 3.79. The summed E-state index contributed by atoms with van der Waals surface area (Å²) in [5.41, 5.74) is 2.66. The van der Waals surface area contributed by atoms with E-state index in [1.807, 2.05) is 33.1 Å². The molecule has 0 saturated heterocycles. The monoisotopic (exact) mass is 334 g/mol. The highest BCUT2D eigenvalue weighted by molar-refractivity contribution is 7.09. The van der Waals surface area contributed by atoms with Gasteiger partial charge >= 0.3 is 6.03 Å². The molecule has 2 heterocycles. The summed E-state index contributed by atoms with van der Waals surface area (Å²) in [6.07, 6.45) is 2.48. The average Bonchev–Trinajstić information content (AvgIpc) is 3.11. The van der Waals surface area contributed by atoms with Gasteiger partial charge in [-0.1, -0.05) is 5.16 Å². The highest BCUT2D eigenvalue weighted by atomic mass is 32.1. The van der Waals surface area contributed by atoms with E-state index >= 15 is 0 Å². The predicted molar refractivity (Wildman–Crippen MR) is 88.6 cm³/mol. The second-order valence-electron chi connectivity index (χ2n) is 6.18. The zero-order chi connectivity index (χ0) is 16.6. The predicted octanol–water partition coefficient (Wildman–Crippen LogP) is 3.75. The van der Waals surface area contributed by atoms with Gasteiger partial charge in [0.25, 0.3) is 0 Å². The average molecular weight is 334 g/mol. The standard InChI is InChI=1S/C16H22N4O2S/c1-8(13-7-23-15(19-13)12-5-6-12)17-16(21)18-9(2)14-10(3)20-22-11(14)4/h7-9,12H,5-6H2,1-4H3,(H2,17,18,21)/t8-,9-/m1/s1. The third kappa shape index (κ3) is 3.55. The van der Waals surface area contributed by atoms with Crippen molar-refractivity contribution in [2.45, 2.75) is 58.5 Å². The Balaban J connectivity index is 1.57. The molecule has 2 N–H and O–H groups in total. The van der Waals surface area contributed by atoms with E-state index in [4.69, 9.17) is 4.52 Å². The largest absolute Gasteiger partial charge is 0.361 e. The molecule has 1 saturated carbocycles. The fourth-order valence-electron chi connectivity index (χ4n) is 2.71. The first-order chi connectivity index (χ1) is 11.0. The van der Waals surface area contributed by atoms with Gasteiger partial charge in [0.1, 0.15) is 5.76 Å². The molecule has 0 spiro atoms. The van der Waals surface area contributed by atoms with Crippen molar-refractivity contribution in [3.63, 3.8) is 0 Å². The highest BCUT2D eigenvalue weighted by Crippen LogP contribution is 2.41. The van der Waals surface area contributed by atoms with Crippen LogP contribution >= 0.6 is 11.3 Å². The number of nitrogens with zero attached hydrogens (tertiary/aromatic N) is 2. The highest BCUT2D eigenvalue weighted by Gasteiger charge is 2.27. The van der Waals surface area contributed by atoms with Gasteiger partial charge in [-0.3, -0.25) is 0 Å². The van der Waals surface area contributed by atoms with Crippen LogP contribution in [0.15, 0.2) is 9.90 Å². The van der Waals surface area contributed by atoms with Crippen molar-refractivity contribution in [3.8, 4) is 0 Å². The molecule has 1 aliphatic carbocycles. The van der Waals surface area contributed by atoms with E-state index in [1.54, 1.807) is 11.3 Å². The summed E-state index contributed by atoms with van der Waals surface area (Å²) in [6, 6.07) is -0.493. The number of rotatable bonds is 5. The van der Waals surface area contributed by atoms with E-state index in [0.717, 1.165) is 22.7 Å². The Morgan fingerprint density at radius 2 is 2.00 bits per heavy atom. The Bertz CT molecular complexity index is 685. The van der Waals surface area contributed by atoms with Crippen LogP contribution in [0.3, 0.4) is 0 Å². The minimum atomic E-state index is -0.217. The first-order valence-electron chi connectivity index (χ1n) is 7.90. The Hall–Kier alpha value is -1.89. The fraction of sp³-hybridized carbons (Fsp3) is 0.562. The Morgan fingerprint density at radius 1 is 1.30 bits per heavy atom. The summed E-state index contributed by atoms with van der Waals surface area (Å²) in [5, 5.41) is 13.0. The Labute approximate surface area is 139 Å². The molecule has 0 bridgehead atoms. The summed E-state index contributed by atoms with van der Waals surface area (Å²) in [7, 11) is 0. The molecule has 2 aromatic rings. The summed E-state index contributed by atoms with van der Waals surface area (Å²) in [6.45, 7) is 7.60. The second-order valence-corrected chi connectivity index (χ2v) is 7.07. The van der Waals surface area contributed by atoms with E-state index in [-0.39, 0.29) is 18.1 Å². The third-order valence-electron chi connectivity index (χ3n) is 4.13. The number of hydrogen-bond acceptors (Lipinski definition) is 5. The maximum atomic E-state index is 12.2. The number of urea groups is 1. The van der Waals surface area contributed by atoms with Crippen molar-refractivity contribution in [1.82, 2.24) is 20.8 Å². The molecule has 2 amide bonds. The topological polar surface area (TPSA) is 80.0 Å². The van der Waals surface area contributed by atoms with E-state index in [1.165, 1.54) is 17.8 Å². The number of carbonyl (C=O) groups excluding carboxylic acids is 1. The normalized spacial score (nSPS) is 16.9. The SMILES string of the molecule is Cc1noc(C)c1[C@@H](C)NC(=O)N[C@H](C)c1csc(C2CC2)n1. The van der Waals surface area contributed by atoms with Crippen LogP contribution in [-0.4, -0.2) is 16.2 Å². The number of hydrogen-bond donors (Lipinski definition) is 2. The minimum absolute atomic E-state index is 0.115. The molecule has 3 rings (SSSR count). The van der Waals surface area contributed by atoms with Crippen LogP contribution in [-0.2, 0) is 0 Å². The molecule has 0 radical (unpaired) electrons. The van der Waals surface area contributed by atoms with Crippen molar-refractivity contribution in [3.05, 3.63) is 33.1 Å². The molecule has 7 heteroatoms. The Kier molecular flexibility index (Phi) is 4.39. The molecule has 6 nitrogen and oxygen atoms in total. The van der Waals surface area contributed by atoms with Gasteiger partial charge in [0.2, 0.25) is 0 Å². The lowest BCUT2D eigenvalue weighted by atomic mass is 10.1. The molecule has 0 aromatic carbocycles. The molecule has 1 aliphatic rings. The molecule has 0 aliphatic heterocycles. The molecule has 1 fully saturated rings. The van der Waals surface area contributed by atoms with Gasteiger partial charge in [-0.05, 0) is 40.5 Å². The van der Waals surface area contributed by atoms with E-state index in [9.17, 15) is 4.79 Å². The maximum Gasteiger partial charge on any atom is 0.315 e. The summed E-state index contributed by atoms with van der Waals surface area (Å²) < 4.78 is 5.15. The third-order valence-corrected chi connectivity index (χ3v) is 5.15. The van der Waals surface area contributed by atoms with Gasteiger partial charge in [-0.25, -0.2) is 9.78 Å². The first-order valence-corrected chi connectivity index (χ1v) is 8.78. The van der Waals surface area contributed by atoms with Crippen LogP contribution in [0.25, 0.3) is 0 Å². The number of amides is 2. The lowest BCUT2D eigenvalue weighted by molar-refractivity contribution is 0.234. The molecule has 0 unspecified atom stereocenters. The molecule has 2 aromatic heterocycles. The zero-order valence-electron chi connectivity index (χ0n) is 13.8. The number of aryl methyl sites for hydroxylation is 2. The van der Waals surface area contributed by atoms with Crippen LogP contribution in [0.4, 0.5) is 4.79 Å². The van der Waals surface area contributed by atoms with Gasteiger partial charge in [0.15, 0.2) is 0 Å². The van der Waals surface area contributed by atoms with Gasteiger partial charge in [-0.15, -0.1) is 11.3 Å². The first kappa shape index (κ1) is 16.0. The van der Waals surface area contributed by atoms with Crippen molar-refractivity contribution in [2.24, 2.45) is 0 Å². The Morgan fingerprint density at radius 3 is 2.61 bits per heavy atom. The van der Waals surface area contributed by atoms with Crippen LogP contribution in [0.2, 0.25) is 0 Å². The number of carbonyl (C=O) groups is 1. The van der Waals surface area contributed by atoms with Gasteiger partial charge in [0, 0.05) is 16.9 Å².